The molecule has 4 nitrogen and oxygen atoms in total. The number of benzene rings is 3. The van der Waals surface area contributed by atoms with Gasteiger partial charge in [0.25, 0.3) is 0 Å². The van der Waals surface area contributed by atoms with E-state index in [9.17, 15) is 35.5 Å². The third-order valence-electron chi connectivity index (χ3n) is 8.23. The number of halogens is 7. The number of carbonyl (C=O) groups excluding carboxylic acids is 1. The van der Waals surface area contributed by atoms with E-state index in [2.05, 4.69) is 0 Å². The topological polar surface area (TPSA) is 41.6 Å². The molecule has 6 rings (SSSR count). The fourth-order valence-corrected chi connectivity index (χ4v) is 5.96. The fourth-order valence-electron chi connectivity index (χ4n) is 5.96. The highest BCUT2D eigenvalue weighted by Crippen LogP contribution is 2.54. The van der Waals surface area contributed by atoms with E-state index in [1.807, 2.05) is 60.7 Å². The molecule has 1 N–H and O–H groups in total. The molecule has 2 heterocycles. The Morgan fingerprint density at radius 1 is 0.854 bits per heavy atom. The molecule has 0 aromatic heterocycles. The maximum atomic E-state index is 14.5. The molecule has 3 aromatic rings. The van der Waals surface area contributed by atoms with Gasteiger partial charge >= 0.3 is 6.18 Å². The Bertz CT molecular complexity index is 1390. The first-order chi connectivity index (χ1) is 19.3. The summed E-state index contributed by atoms with van der Waals surface area (Å²) < 4.78 is 102. The second-order valence-corrected chi connectivity index (χ2v) is 10.9. The summed E-state index contributed by atoms with van der Waals surface area (Å²) >= 11 is 0. The number of hydrogen-bond donors (Lipinski definition) is 1. The average molecular weight is 581 g/mol. The minimum atomic E-state index is -5.68. The predicted molar refractivity (Wildman–Crippen MR) is 137 cm³/mol. The number of fused-ring (bicyclic) bond motifs is 2. The molecule has 2 saturated heterocycles. The van der Waals surface area contributed by atoms with Gasteiger partial charge in [-0.1, -0.05) is 60.7 Å². The summed E-state index contributed by atoms with van der Waals surface area (Å²) in [5.41, 5.74) is -3.64. The largest absolute Gasteiger partial charge is 0.422 e. The number of amides is 1. The summed E-state index contributed by atoms with van der Waals surface area (Å²) in [7, 11) is 0. The van der Waals surface area contributed by atoms with Crippen molar-refractivity contribution in [1.29, 1.82) is 0 Å². The van der Waals surface area contributed by atoms with Crippen molar-refractivity contribution in [3.8, 4) is 0 Å². The lowest BCUT2D eigenvalue weighted by molar-refractivity contribution is -0.182. The number of ether oxygens (including phenoxy) is 1. The zero-order chi connectivity index (χ0) is 29.7. The van der Waals surface area contributed by atoms with Gasteiger partial charge in [-0.2, -0.15) is 13.2 Å². The minimum absolute atomic E-state index is 0.0404. The smallest absolute Gasteiger partial charge is 0.373 e. The molecule has 2 aliphatic heterocycles. The number of anilines is 1. The van der Waals surface area contributed by atoms with Crippen LogP contribution >= 0.6 is 0 Å². The predicted octanol–water partition coefficient (Wildman–Crippen LogP) is 6.91. The molecule has 2 atom stereocenters. The molecular weight excluding hydrogens is 553 g/mol. The number of nitrogens with one attached hydrogen (secondary N) is 1. The Kier molecular flexibility index (Phi) is 7.63. The van der Waals surface area contributed by atoms with Crippen molar-refractivity contribution in [3.63, 3.8) is 0 Å². The molecule has 3 aliphatic rings. The SMILES string of the molecule is CC(C)(C(=O)Nc1c(F)c(F)c(C(F)(F)F)c(F)c1F)N1CC2C(OCc3ccccc3)C(C1)C2c1ccccc1. The highest BCUT2D eigenvalue weighted by atomic mass is 19.4. The van der Waals surface area contributed by atoms with Crippen LogP contribution in [-0.4, -0.2) is 35.5 Å². The van der Waals surface area contributed by atoms with E-state index in [-0.39, 0.29) is 23.9 Å². The van der Waals surface area contributed by atoms with Crippen molar-refractivity contribution in [2.24, 2.45) is 11.8 Å². The fraction of sp³-hybridized carbons (Fsp3) is 0.367. The van der Waals surface area contributed by atoms with Crippen LogP contribution in [0.15, 0.2) is 60.7 Å². The third kappa shape index (κ3) is 5.21. The molecule has 3 aromatic carbocycles. The van der Waals surface area contributed by atoms with Crippen LogP contribution in [0.25, 0.3) is 0 Å². The van der Waals surface area contributed by atoms with E-state index in [0.29, 0.717) is 19.7 Å². The lowest BCUT2D eigenvalue weighted by Crippen LogP contribution is -2.69. The van der Waals surface area contributed by atoms with Crippen LogP contribution in [0.3, 0.4) is 0 Å². The molecule has 2 unspecified atom stereocenters. The van der Waals surface area contributed by atoms with Crippen molar-refractivity contribution < 1.29 is 40.3 Å². The quantitative estimate of drug-likeness (QED) is 0.244. The second-order valence-electron chi connectivity index (χ2n) is 10.9. The van der Waals surface area contributed by atoms with E-state index in [1.165, 1.54) is 13.8 Å². The van der Waals surface area contributed by atoms with Crippen molar-refractivity contribution in [1.82, 2.24) is 4.90 Å². The first-order valence-electron chi connectivity index (χ1n) is 13.0. The molecule has 3 fully saturated rings. The van der Waals surface area contributed by atoms with Crippen LogP contribution in [0.4, 0.5) is 36.4 Å². The molecule has 11 heteroatoms. The van der Waals surface area contributed by atoms with Gasteiger partial charge in [0.2, 0.25) is 5.91 Å². The number of rotatable bonds is 7. The Morgan fingerprint density at radius 2 is 1.37 bits per heavy atom. The van der Waals surface area contributed by atoms with Crippen LogP contribution in [0.1, 0.15) is 36.5 Å². The number of alkyl halides is 3. The molecular formula is C30H27F7N2O2. The van der Waals surface area contributed by atoms with E-state index < -0.39 is 52.1 Å². The first-order valence-corrected chi connectivity index (χ1v) is 13.0. The standard InChI is InChI=1S/C30H27F7N2O2/c1-29(2,28(40)38-26-24(33)22(31)21(30(35,36)37)23(32)25(26)34)39-13-18-20(17-11-7-4-8-12-17)19(14-39)27(18)41-15-16-9-5-3-6-10-16/h3-12,18-20,27H,13-15H2,1-2H3,(H,38,40). The molecule has 0 radical (unpaired) electrons. The number of hydrogen-bond acceptors (Lipinski definition) is 3. The second kappa shape index (κ2) is 10.8. The Labute approximate surface area is 232 Å². The van der Waals surface area contributed by atoms with Gasteiger partial charge < -0.3 is 10.1 Å². The summed E-state index contributed by atoms with van der Waals surface area (Å²) in [5.74, 6) is -10.9. The van der Waals surface area contributed by atoms with Crippen molar-refractivity contribution in [3.05, 3.63) is 101 Å². The van der Waals surface area contributed by atoms with Crippen molar-refractivity contribution in [2.45, 2.75) is 44.2 Å². The third-order valence-corrected chi connectivity index (χ3v) is 8.23. The Balaban J connectivity index is 1.36. The molecule has 1 saturated carbocycles. The molecule has 218 valence electrons. The van der Waals surface area contributed by atoms with E-state index in [4.69, 9.17) is 4.74 Å². The lowest BCUT2D eigenvalue weighted by atomic mass is 9.56. The monoisotopic (exact) mass is 580 g/mol. The summed E-state index contributed by atoms with van der Waals surface area (Å²) in [6.45, 7) is 4.05. The summed E-state index contributed by atoms with van der Waals surface area (Å²) in [6, 6.07) is 19.5. The maximum absolute atomic E-state index is 14.5. The van der Waals surface area contributed by atoms with Gasteiger partial charge in [0.15, 0.2) is 23.3 Å². The van der Waals surface area contributed by atoms with Crippen molar-refractivity contribution in [2.75, 3.05) is 18.4 Å². The zero-order valence-corrected chi connectivity index (χ0v) is 22.1. The van der Waals surface area contributed by atoms with Gasteiger partial charge in [0.05, 0.1) is 18.2 Å². The van der Waals surface area contributed by atoms with Crippen LogP contribution in [0.2, 0.25) is 0 Å². The number of nitrogens with zero attached hydrogens (tertiary/aromatic N) is 1. The van der Waals surface area contributed by atoms with Crippen molar-refractivity contribution >= 4 is 11.6 Å². The molecule has 1 amide bonds. The van der Waals surface area contributed by atoms with Crippen LogP contribution in [0, 0.1) is 35.1 Å². The van der Waals surface area contributed by atoms with Gasteiger partial charge in [-0.25, -0.2) is 17.6 Å². The van der Waals surface area contributed by atoms with Gasteiger partial charge in [-0.3, -0.25) is 9.69 Å². The maximum Gasteiger partial charge on any atom is 0.422 e. The number of piperidine rings is 2. The summed E-state index contributed by atoms with van der Waals surface area (Å²) in [5, 5.41) is 1.80. The Morgan fingerprint density at radius 3 is 1.88 bits per heavy atom. The minimum Gasteiger partial charge on any atom is -0.373 e. The van der Waals surface area contributed by atoms with Gasteiger partial charge in [-0.15, -0.1) is 0 Å². The van der Waals surface area contributed by atoms with Gasteiger partial charge in [0, 0.05) is 24.9 Å². The number of carbonyl (C=O) groups is 1. The lowest BCUT2D eigenvalue weighted by Gasteiger charge is -2.61. The van der Waals surface area contributed by atoms with Gasteiger partial charge in [-0.05, 0) is 30.9 Å². The van der Waals surface area contributed by atoms with Crippen LogP contribution in [0.5, 0.6) is 0 Å². The molecule has 2 bridgehead atoms. The first kappa shape index (κ1) is 29.1. The zero-order valence-electron chi connectivity index (χ0n) is 22.1. The highest BCUT2D eigenvalue weighted by molar-refractivity contribution is 5.97. The highest BCUT2D eigenvalue weighted by Gasteiger charge is 2.58. The molecule has 41 heavy (non-hydrogen) atoms. The van der Waals surface area contributed by atoms with Crippen LogP contribution < -0.4 is 5.32 Å². The molecule has 1 aliphatic carbocycles. The van der Waals surface area contributed by atoms with E-state index >= 15 is 0 Å². The summed E-state index contributed by atoms with van der Waals surface area (Å²) in [6.07, 6.45) is -5.80. The van der Waals surface area contributed by atoms with Gasteiger partial charge in [0.1, 0.15) is 11.3 Å². The van der Waals surface area contributed by atoms with E-state index in [1.54, 1.807) is 10.2 Å². The normalized spacial score (nSPS) is 22.8. The summed E-state index contributed by atoms with van der Waals surface area (Å²) in [4.78, 5) is 15.0. The molecule has 0 spiro atoms. The average Bonchev–Trinajstić information content (AvgIpc) is 2.94. The Hall–Kier alpha value is -3.44. The van der Waals surface area contributed by atoms with Crippen LogP contribution in [-0.2, 0) is 22.3 Å². The van der Waals surface area contributed by atoms with E-state index in [0.717, 1.165) is 11.1 Å².